The summed E-state index contributed by atoms with van der Waals surface area (Å²) in [6, 6.07) is 31.9. The number of fused-ring (bicyclic) bond motifs is 2. The maximum atomic E-state index is 6.53. The van der Waals surface area contributed by atoms with Gasteiger partial charge in [0.1, 0.15) is 23.0 Å². The minimum Gasteiger partial charge on any atom is -0.462 e. The van der Waals surface area contributed by atoms with Crippen LogP contribution >= 0.6 is 0 Å². The highest BCUT2D eigenvalue weighted by molar-refractivity contribution is 6.84. The number of aryl methyl sites for hydroxylation is 8. The molecule has 0 N–H and O–H groups in total. The fourth-order valence-electron chi connectivity index (χ4n) is 9.22. The van der Waals surface area contributed by atoms with E-state index in [4.69, 9.17) is 8.83 Å². The van der Waals surface area contributed by atoms with E-state index in [-0.39, 0.29) is 11.1 Å². The quantitative estimate of drug-likeness (QED) is 0.163. The van der Waals surface area contributed by atoms with Crippen LogP contribution in [0, 0.1) is 55.4 Å². The van der Waals surface area contributed by atoms with Crippen LogP contribution in [-0.2, 0) is 0 Å². The molecule has 0 aliphatic heterocycles. The highest BCUT2D eigenvalue weighted by Gasteiger charge is 2.51. The molecule has 256 valence electrons. The highest BCUT2D eigenvalue weighted by atomic mass is 28.3. The van der Waals surface area contributed by atoms with Gasteiger partial charge in [0.15, 0.2) is 0 Å². The van der Waals surface area contributed by atoms with Crippen LogP contribution < -0.4 is 0 Å². The molecule has 0 radical (unpaired) electrons. The zero-order valence-corrected chi connectivity index (χ0v) is 32.7. The summed E-state index contributed by atoms with van der Waals surface area (Å²) in [6.45, 7) is 22.7. The average Bonchev–Trinajstić information content (AvgIpc) is 3.88. The smallest absolute Gasteiger partial charge is 0.130 e. The molecule has 8 rings (SSSR count). The van der Waals surface area contributed by atoms with Gasteiger partial charge < -0.3 is 8.83 Å². The summed E-state index contributed by atoms with van der Waals surface area (Å²) in [5.41, 5.74) is 21.6. The number of rotatable bonds is 6. The third-order valence-electron chi connectivity index (χ3n) is 11.7. The van der Waals surface area contributed by atoms with Crippen molar-refractivity contribution in [2.45, 2.75) is 79.6 Å². The Kier molecular flexibility index (Phi) is 7.92. The second-order valence-corrected chi connectivity index (χ2v) is 20.7. The predicted octanol–water partition coefficient (Wildman–Crippen LogP) is 13.4. The molecule has 2 aromatic heterocycles. The highest BCUT2D eigenvalue weighted by Crippen LogP contribution is 2.59. The molecule has 6 aromatic rings. The number of furan rings is 2. The van der Waals surface area contributed by atoms with Crippen LogP contribution in [-0.4, -0.2) is 8.07 Å². The molecule has 0 spiro atoms. The second-order valence-electron chi connectivity index (χ2n) is 15.9. The van der Waals surface area contributed by atoms with Gasteiger partial charge in [-0.2, -0.15) is 0 Å². The third kappa shape index (κ3) is 5.36. The first-order valence-corrected chi connectivity index (χ1v) is 21.5. The zero-order valence-electron chi connectivity index (χ0n) is 31.7. The molecule has 51 heavy (non-hydrogen) atoms. The molecule has 0 fully saturated rings. The minimum absolute atomic E-state index is 0.198. The Labute approximate surface area is 304 Å². The summed E-state index contributed by atoms with van der Waals surface area (Å²) in [5, 5.41) is 0. The largest absolute Gasteiger partial charge is 0.462 e. The Hall–Kier alpha value is -4.86. The standard InChI is InChI=1S/C48H48O2Si/c1-27-11-13-29(3)37(23-27)45-31(5)15-19-35-39(45)25-41(43-21-17-33(7)49-43)47(35)51(9,10)48-36-20-16-32(6)46(38-24-28(2)12-14-30(38)4)40(36)26-42(48)44-22-18-34(8)50-44/h11-26,47-48H,1-10H3. The summed E-state index contributed by atoms with van der Waals surface area (Å²) in [5.74, 6) is 3.85. The third-order valence-corrected chi connectivity index (χ3v) is 15.9. The van der Waals surface area contributed by atoms with Gasteiger partial charge in [0.05, 0.1) is 8.07 Å². The lowest BCUT2D eigenvalue weighted by Gasteiger charge is -2.39. The van der Waals surface area contributed by atoms with Gasteiger partial charge in [-0.25, -0.2) is 0 Å². The van der Waals surface area contributed by atoms with Gasteiger partial charge in [-0.1, -0.05) is 84.9 Å². The molecule has 2 atom stereocenters. The number of hydrogen-bond donors (Lipinski definition) is 0. The van der Waals surface area contributed by atoms with Crippen LogP contribution in [0.2, 0.25) is 13.1 Å². The summed E-state index contributed by atoms with van der Waals surface area (Å²) < 4.78 is 13.1. The van der Waals surface area contributed by atoms with Gasteiger partial charge in [-0.15, -0.1) is 0 Å². The Balaban J connectivity index is 1.39. The van der Waals surface area contributed by atoms with Crippen molar-refractivity contribution in [3.8, 4) is 22.3 Å². The van der Waals surface area contributed by atoms with Gasteiger partial charge in [0.25, 0.3) is 0 Å². The molecule has 4 aromatic carbocycles. The van der Waals surface area contributed by atoms with Crippen molar-refractivity contribution < 1.29 is 8.83 Å². The molecule has 0 saturated heterocycles. The average molecular weight is 685 g/mol. The summed E-state index contributed by atoms with van der Waals surface area (Å²) in [4.78, 5) is 0. The fourth-order valence-corrected chi connectivity index (χ4v) is 13.7. The predicted molar refractivity (Wildman–Crippen MR) is 218 cm³/mol. The van der Waals surface area contributed by atoms with Crippen molar-refractivity contribution in [3.05, 3.63) is 164 Å². The van der Waals surface area contributed by atoms with E-state index in [0.29, 0.717) is 0 Å². The summed E-state index contributed by atoms with van der Waals surface area (Å²) >= 11 is 0. The van der Waals surface area contributed by atoms with Crippen LogP contribution in [0.1, 0.15) is 89.8 Å². The zero-order chi connectivity index (χ0) is 35.9. The molecule has 2 nitrogen and oxygen atoms in total. The van der Waals surface area contributed by atoms with Crippen LogP contribution in [0.4, 0.5) is 0 Å². The van der Waals surface area contributed by atoms with Crippen molar-refractivity contribution in [3.63, 3.8) is 0 Å². The van der Waals surface area contributed by atoms with Crippen LogP contribution in [0.5, 0.6) is 0 Å². The molecule has 2 unspecified atom stereocenters. The second kappa shape index (κ2) is 12.1. The van der Waals surface area contributed by atoms with Crippen molar-refractivity contribution in [2.24, 2.45) is 0 Å². The van der Waals surface area contributed by atoms with Crippen molar-refractivity contribution >= 4 is 31.4 Å². The van der Waals surface area contributed by atoms with Crippen LogP contribution in [0.15, 0.2) is 93.8 Å². The fraction of sp³-hybridized carbons (Fsp3) is 0.250. The van der Waals surface area contributed by atoms with Gasteiger partial charge in [0, 0.05) is 22.2 Å². The van der Waals surface area contributed by atoms with E-state index >= 15 is 0 Å². The Morgan fingerprint density at radius 1 is 0.451 bits per heavy atom. The molecule has 0 bridgehead atoms. The maximum Gasteiger partial charge on any atom is 0.130 e. The summed E-state index contributed by atoms with van der Waals surface area (Å²) in [6.07, 6.45) is 4.95. The van der Waals surface area contributed by atoms with Crippen LogP contribution in [0.25, 0.3) is 45.6 Å². The number of benzene rings is 4. The molecule has 2 aliphatic carbocycles. The SMILES string of the molecule is Cc1ccc(C)c(-c2c(C)ccc3c2C=C(c2ccc(C)o2)C3[Si](C)(C)C2C(c3ccc(C)o3)=Cc3c2ccc(C)c3-c2cc(C)ccc2C)c1. The first-order valence-electron chi connectivity index (χ1n) is 18.3. The minimum atomic E-state index is -2.40. The molecular weight excluding hydrogens is 637 g/mol. The van der Waals surface area contributed by atoms with E-state index in [1.165, 1.54) is 89.0 Å². The Bertz CT molecular complexity index is 2270. The van der Waals surface area contributed by atoms with Gasteiger partial charge in [0.2, 0.25) is 0 Å². The molecule has 2 aliphatic rings. The van der Waals surface area contributed by atoms with E-state index in [9.17, 15) is 0 Å². The van der Waals surface area contributed by atoms with Gasteiger partial charge in [-0.05, 0) is 159 Å². The van der Waals surface area contributed by atoms with Crippen molar-refractivity contribution in [1.82, 2.24) is 0 Å². The number of hydrogen-bond acceptors (Lipinski definition) is 2. The molecule has 0 amide bonds. The van der Waals surface area contributed by atoms with E-state index in [1.807, 2.05) is 0 Å². The van der Waals surface area contributed by atoms with Crippen molar-refractivity contribution in [2.75, 3.05) is 0 Å². The van der Waals surface area contributed by atoms with Gasteiger partial charge in [-0.3, -0.25) is 0 Å². The lowest BCUT2D eigenvalue weighted by atomic mass is 9.89. The first-order chi connectivity index (χ1) is 24.3. The first kappa shape index (κ1) is 33.3. The Morgan fingerprint density at radius 3 is 1.22 bits per heavy atom. The lowest BCUT2D eigenvalue weighted by molar-refractivity contribution is 0.519. The molecule has 0 saturated carbocycles. The van der Waals surface area contributed by atoms with E-state index in [2.05, 4.69) is 166 Å². The topological polar surface area (TPSA) is 26.3 Å². The molecular formula is C48H48O2Si. The maximum absolute atomic E-state index is 6.53. The van der Waals surface area contributed by atoms with E-state index in [0.717, 1.165) is 23.0 Å². The number of allylic oxidation sites excluding steroid dienone is 2. The van der Waals surface area contributed by atoms with E-state index in [1.54, 1.807) is 0 Å². The van der Waals surface area contributed by atoms with E-state index < -0.39 is 8.07 Å². The lowest BCUT2D eigenvalue weighted by Crippen LogP contribution is -2.42. The van der Waals surface area contributed by atoms with Crippen molar-refractivity contribution in [1.29, 1.82) is 0 Å². The normalized spacial score (nSPS) is 16.7. The Morgan fingerprint density at radius 2 is 0.843 bits per heavy atom. The summed E-state index contributed by atoms with van der Waals surface area (Å²) in [7, 11) is -2.40. The molecule has 2 heterocycles. The monoisotopic (exact) mass is 684 g/mol. The van der Waals surface area contributed by atoms with Gasteiger partial charge >= 0.3 is 0 Å². The molecule has 3 heteroatoms. The van der Waals surface area contributed by atoms with Crippen LogP contribution in [0.3, 0.4) is 0 Å².